The van der Waals surface area contributed by atoms with Gasteiger partial charge in [-0.1, -0.05) is 18.2 Å². The number of hydrogen-bond acceptors (Lipinski definition) is 3. The second-order valence-electron chi connectivity index (χ2n) is 4.61. The third kappa shape index (κ3) is 3.15. The number of pyridine rings is 1. The molecule has 0 saturated heterocycles. The fourth-order valence-electron chi connectivity index (χ4n) is 2.03. The minimum Gasteiger partial charge on any atom is -0.370 e. The number of anilines is 2. The molecule has 1 aromatic carbocycles. The normalized spacial score (nSPS) is 10.2. The summed E-state index contributed by atoms with van der Waals surface area (Å²) in [5, 5.41) is 3.14. The summed E-state index contributed by atoms with van der Waals surface area (Å²) in [7, 11) is 1.78. The van der Waals surface area contributed by atoms with E-state index in [1.165, 1.54) is 0 Å². The molecule has 0 saturated carbocycles. The molecule has 1 N–H and O–H groups in total. The van der Waals surface area contributed by atoms with Crippen molar-refractivity contribution in [1.29, 1.82) is 0 Å². The van der Waals surface area contributed by atoms with Crippen molar-refractivity contribution in [3.63, 3.8) is 0 Å². The molecule has 0 fully saturated rings. The van der Waals surface area contributed by atoms with Gasteiger partial charge in [0, 0.05) is 30.5 Å². The van der Waals surface area contributed by atoms with Crippen LogP contribution in [0.15, 0.2) is 42.5 Å². The topological polar surface area (TPSA) is 45.2 Å². The van der Waals surface area contributed by atoms with Gasteiger partial charge in [0.25, 0.3) is 5.91 Å². The maximum Gasteiger partial charge on any atom is 0.258 e. The number of aromatic nitrogens is 1. The van der Waals surface area contributed by atoms with E-state index in [4.69, 9.17) is 0 Å². The van der Waals surface area contributed by atoms with Gasteiger partial charge in [-0.2, -0.15) is 0 Å². The quantitative estimate of drug-likeness (QED) is 0.927. The van der Waals surface area contributed by atoms with Crippen molar-refractivity contribution in [2.24, 2.45) is 0 Å². The van der Waals surface area contributed by atoms with Gasteiger partial charge in [0.2, 0.25) is 0 Å². The van der Waals surface area contributed by atoms with Crippen LogP contribution >= 0.6 is 0 Å². The Morgan fingerprint density at radius 2 is 1.95 bits per heavy atom. The Labute approximate surface area is 119 Å². The molecule has 1 heterocycles. The Bertz CT molecular complexity index is 596. The van der Waals surface area contributed by atoms with Crippen molar-refractivity contribution in [1.82, 2.24) is 4.98 Å². The van der Waals surface area contributed by atoms with Crippen LogP contribution in [-0.2, 0) is 0 Å². The first-order chi connectivity index (χ1) is 9.61. The predicted molar refractivity (Wildman–Crippen MR) is 82.3 cm³/mol. The first kappa shape index (κ1) is 14.1. The van der Waals surface area contributed by atoms with Crippen molar-refractivity contribution in [3.05, 3.63) is 53.7 Å². The lowest BCUT2D eigenvalue weighted by atomic mass is 10.2. The molecular formula is C16H19N3O. The third-order valence-corrected chi connectivity index (χ3v) is 3.01. The van der Waals surface area contributed by atoms with Crippen molar-refractivity contribution >= 4 is 17.4 Å². The Hall–Kier alpha value is -2.36. The summed E-state index contributed by atoms with van der Waals surface area (Å²) in [6, 6.07) is 13.2. The van der Waals surface area contributed by atoms with Crippen molar-refractivity contribution < 1.29 is 4.79 Å². The molecule has 0 spiro atoms. The smallest absolute Gasteiger partial charge is 0.258 e. The summed E-state index contributed by atoms with van der Waals surface area (Å²) in [6.45, 7) is 4.67. The van der Waals surface area contributed by atoms with Gasteiger partial charge >= 0.3 is 0 Å². The number of carbonyl (C=O) groups excluding carboxylic acids is 1. The van der Waals surface area contributed by atoms with Crippen molar-refractivity contribution in [3.8, 4) is 0 Å². The van der Waals surface area contributed by atoms with Crippen LogP contribution in [0.1, 0.15) is 23.0 Å². The minimum atomic E-state index is -0.0409. The number of benzene rings is 1. The Morgan fingerprint density at radius 1 is 1.25 bits per heavy atom. The van der Waals surface area contributed by atoms with Crippen LogP contribution in [-0.4, -0.2) is 24.5 Å². The fourth-order valence-corrected chi connectivity index (χ4v) is 2.03. The number of hydrogen-bond donors (Lipinski definition) is 1. The summed E-state index contributed by atoms with van der Waals surface area (Å²) in [6.07, 6.45) is 0. The second kappa shape index (κ2) is 6.19. The lowest BCUT2D eigenvalue weighted by Gasteiger charge is -2.18. The van der Waals surface area contributed by atoms with E-state index in [9.17, 15) is 4.79 Å². The van der Waals surface area contributed by atoms with E-state index < -0.39 is 0 Å². The predicted octanol–water partition coefficient (Wildman–Crippen LogP) is 3.10. The summed E-state index contributed by atoms with van der Waals surface area (Å²) in [5.74, 6) is 0.693. The van der Waals surface area contributed by atoms with Crippen LogP contribution in [0.3, 0.4) is 0 Å². The monoisotopic (exact) mass is 269 g/mol. The van der Waals surface area contributed by atoms with Crippen molar-refractivity contribution in [2.45, 2.75) is 13.8 Å². The zero-order valence-corrected chi connectivity index (χ0v) is 12.1. The molecule has 0 aliphatic rings. The van der Waals surface area contributed by atoms with Crippen LogP contribution in [0.2, 0.25) is 0 Å². The van der Waals surface area contributed by atoms with E-state index >= 15 is 0 Å². The second-order valence-corrected chi connectivity index (χ2v) is 4.61. The van der Waals surface area contributed by atoms with E-state index in [1.807, 2.05) is 50.2 Å². The van der Waals surface area contributed by atoms with E-state index in [0.717, 1.165) is 23.7 Å². The Kier molecular flexibility index (Phi) is 4.35. The van der Waals surface area contributed by atoms with Gasteiger partial charge in [0.05, 0.1) is 0 Å². The average molecular weight is 269 g/mol. The number of para-hydroxylation sites is 1. The maximum absolute atomic E-state index is 12.5. The molecule has 0 aliphatic carbocycles. The van der Waals surface area contributed by atoms with Gasteiger partial charge in [0.15, 0.2) is 0 Å². The minimum absolute atomic E-state index is 0.0409. The summed E-state index contributed by atoms with van der Waals surface area (Å²) < 4.78 is 0. The molecule has 4 nitrogen and oxygen atoms in total. The molecule has 0 radical (unpaired) electrons. The largest absolute Gasteiger partial charge is 0.370 e. The van der Waals surface area contributed by atoms with Gasteiger partial charge in [-0.15, -0.1) is 0 Å². The number of amides is 1. The van der Waals surface area contributed by atoms with Gasteiger partial charge in [-0.05, 0) is 38.1 Å². The Balaban J connectivity index is 2.29. The molecule has 2 rings (SSSR count). The highest BCUT2D eigenvalue weighted by atomic mass is 16.2. The van der Waals surface area contributed by atoms with E-state index in [1.54, 1.807) is 18.0 Å². The molecule has 2 aromatic rings. The van der Waals surface area contributed by atoms with Gasteiger partial charge < -0.3 is 10.2 Å². The molecule has 1 aromatic heterocycles. The van der Waals surface area contributed by atoms with E-state index in [-0.39, 0.29) is 5.91 Å². The number of rotatable bonds is 4. The molecule has 104 valence electrons. The molecule has 4 heteroatoms. The summed E-state index contributed by atoms with van der Waals surface area (Å²) in [4.78, 5) is 18.5. The van der Waals surface area contributed by atoms with E-state index in [0.29, 0.717) is 5.56 Å². The van der Waals surface area contributed by atoms with Gasteiger partial charge in [-0.3, -0.25) is 4.79 Å². The van der Waals surface area contributed by atoms with Crippen LogP contribution in [0.5, 0.6) is 0 Å². The maximum atomic E-state index is 12.5. The highest BCUT2D eigenvalue weighted by Crippen LogP contribution is 2.17. The average Bonchev–Trinajstić information content (AvgIpc) is 2.46. The summed E-state index contributed by atoms with van der Waals surface area (Å²) in [5.41, 5.74) is 2.34. The zero-order valence-electron chi connectivity index (χ0n) is 12.1. The standard InChI is InChI=1S/C16H19N3O/c1-4-17-15-11-13(10-12(2)18-15)16(20)19(3)14-8-6-5-7-9-14/h5-11H,4H2,1-3H3,(H,17,18). The zero-order chi connectivity index (χ0) is 14.5. The van der Waals surface area contributed by atoms with Crippen molar-refractivity contribution in [2.75, 3.05) is 23.8 Å². The van der Waals surface area contributed by atoms with Crippen LogP contribution in [0.4, 0.5) is 11.5 Å². The number of nitrogens with zero attached hydrogens (tertiary/aromatic N) is 2. The molecule has 1 amide bonds. The highest BCUT2D eigenvalue weighted by Gasteiger charge is 2.14. The lowest BCUT2D eigenvalue weighted by molar-refractivity contribution is 0.0993. The first-order valence-electron chi connectivity index (χ1n) is 6.67. The molecule has 0 atom stereocenters. The van der Waals surface area contributed by atoms with Gasteiger partial charge in [0.1, 0.15) is 5.82 Å². The Morgan fingerprint density at radius 3 is 2.60 bits per heavy atom. The molecule has 0 aliphatic heterocycles. The first-order valence-corrected chi connectivity index (χ1v) is 6.67. The molecular weight excluding hydrogens is 250 g/mol. The lowest BCUT2D eigenvalue weighted by Crippen LogP contribution is -2.26. The third-order valence-electron chi connectivity index (χ3n) is 3.01. The van der Waals surface area contributed by atoms with Crippen LogP contribution in [0, 0.1) is 6.92 Å². The fraction of sp³-hybridized carbons (Fsp3) is 0.250. The molecule has 20 heavy (non-hydrogen) atoms. The van der Waals surface area contributed by atoms with Crippen LogP contribution < -0.4 is 10.2 Å². The van der Waals surface area contributed by atoms with Crippen LogP contribution in [0.25, 0.3) is 0 Å². The highest BCUT2D eigenvalue weighted by molar-refractivity contribution is 6.06. The number of aryl methyl sites for hydroxylation is 1. The number of nitrogens with one attached hydrogen (secondary N) is 1. The molecule has 0 unspecified atom stereocenters. The SMILES string of the molecule is CCNc1cc(C(=O)N(C)c2ccccc2)cc(C)n1. The number of carbonyl (C=O) groups is 1. The van der Waals surface area contributed by atoms with E-state index in [2.05, 4.69) is 10.3 Å². The summed E-state index contributed by atoms with van der Waals surface area (Å²) >= 11 is 0. The molecule has 0 bridgehead atoms. The van der Waals surface area contributed by atoms with Gasteiger partial charge in [-0.25, -0.2) is 4.98 Å².